The van der Waals surface area contributed by atoms with E-state index in [1.807, 2.05) is 0 Å². The minimum Gasteiger partial charge on any atom is -0.394 e. The second kappa shape index (κ2) is 4.57. The fraction of sp³-hybridized carbons (Fsp3) is 0.500. The topological polar surface area (TPSA) is 152 Å². The summed E-state index contributed by atoms with van der Waals surface area (Å²) in [5.74, 6) is 0.188. The van der Waals surface area contributed by atoms with Gasteiger partial charge in [0, 0.05) is 0 Å². The predicted molar refractivity (Wildman–Crippen MR) is 69.4 cm³/mol. The van der Waals surface area contributed by atoms with Crippen molar-refractivity contribution < 1.29 is 26.6 Å². The third kappa shape index (κ3) is 1.89. The molecule has 4 heterocycles. The van der Waals surface area contributed by atoms with Crippen LogP contribution in [-0.4, -0.2) is 58.0 Å². The SMILES string of the molecule is Nc1ncnc2c1ncn2[C@@H]1O[C@H](CO)[C@H]2OS(=O)(=O)O[C@H]21. The van der Waals surface area contributed by atoms with Gasteiger partial charge in [0.1, 0.15) is 24.1 Å². The average Bonchev–Trinajstić information content (AvgIpc) is 3.10. The Balaban J connectivity index is 1.80. The Morgan fingerprint density at radius 1 is 1.27 bits per heavy atom. The monoisotopic (exact) mass is 329 g/mol. The average molecular weight is 329 g/mol. The molecular formula is C10H11N5O6S. The Morgan fingerprint density at radius 2 is 2.05 bits per heavy atom. The third-order valence-electron chi connectivity index (χ3n) is 3.58. The van der Waals surface area contributed by atoms with Crippen LogP contribution in [0, 0.1) is 0 Å². The Kier molecular flexibility index (Phi) is 2.86. The maximum atomic E-state index is 11.5. The number of ether oxygens (including phenoxy) is 1. The lowest BCUT2D eigenvalue weighted by Gasteiger charge is -2.17. The first-order valence-electron chi connectivity index (χ1n) is 6.31. The Morgan fingerprint density at radius 3 is 2.82 bits per heavy atom. The lowest BCUT2D eigenvalue weighted by atomic mass is 10.1. The van der Waals surface area contributed by atoms with Crippen molar-refractivity contribution in [3.8, 4) is 0 Å². The van der Waals surface area contributed by atoms with Crippen LogP contribution in [0.4, 0.5) is 5.82 Å². The second-order valence-electron chi connectivity index (χ2n) is 4.86. The molecule has 4 atom stereocenters. The summed E-state index contributed by atoms with van der Waals surface area (Å²) in [5.41, 5.74) is 6.43. The van der Waals surface area contributed by atoms with Crippen molar-refractivity contribution >= 4 is 27.4 Å². The number of aliphatic hydroxyl groups is 1. The Hall–Kier alpha value is -1.86. The summed E-state index contributed by atoms with van der Waals surface area (Å²) < 4.78 is 39.8. The van der Waals surface area contributed by atoms with Crippen molar-refractivity contribution in [3.05, 3.63) is 12.7 Å². The van der Waals surface area contributed by atoms with E-state index in [0.29, 0.717) is 11.2 Å². The molecular weight excluding hydrogens is 318 g/mol. The molecule has 0 bridgehead atoms. The predicted octanol–water partition coefficient (Wildman–Crippen LogP) is -1.67. The van der Waals surface area contributed by atoms with Gasteiger partial charge in [0.15, 0.2) is 23.8 Å². The van der Waals surface area contributed by atoms with Crippen molar-refractivity contribution in [3.63, 3.8) is 0 Å². The number of rotatable bonds is 2. The van der Waals surface area contributed by atoms with Crippen LogP contribution >= 0.6 is 0 Å². The Labute approximate surface area is 124 Å². The molecule has 2 aliphatic rings. The number of aromatic nitrogens is 4. The van der Waals surface area contributed by atoms with Gasteiger partial charge in [-0.3, -0.25) is 4.57 Å². The van der Waals surface area contributed by atoms with Crippen molar-refractivity contribution in [1.82, 2.24) is 19.5 Å². The molecule has 2 aromatic rings. The van der Waals surface area contributed by atoms with E-state index in [1.54, 1.807) is 0 Å². The number of fused-ring (bicyclic) bond motifs is 2. The lowest BCUT2D eigenvalue weighted by molar-refractivity contribution is -0.0543. The highest BCUT2D eigenvalue weighted by atomic mass is 32.3. The summed E-state index contributed by atoms with van der Waals surface area (Å²) in [6.45, 7) is -0.416. The summed E-state index contributed by atoms with van der Waals surface area (Å²) in [6.07, 6.45) is -0.949. The zero-order valence-corrected chi connectivity index (χ0v) is 11.8. The summed E-state index contributed by atoms with van der Waals surface area (Å²) in [4.78, 5) is 12.0. The number of hydrogen-bond acceptors (Lipinski definition) is 10. The minimum atomic E-state index is -4.12. The first-order chi connectivity index (χ1) is 10.5. The van der Waals surface area contributed by atoms with Crippen molar-refractivity contribution in [2.45, 2.75) is 24.5 Å². The molecule has 11 nitrogen and oxygen atoms in total. The van der Waals surface area contributed by atoms with E-state index >= 15 is 0 Å². The molecule has 0 saturated carbocycles. The number of imidazole rings is 1. The fourth-order valence-corrected chi connectivity index (χ4v) is 3.68. The van der Waals surface area contributed by atoms with E-state index < -0.39 is 41.5 Å². The number of nitrogens with two attached hydrogens (primary N) is 1. The zero-order valence-electron chi connectivity index (χ0n) is 10.9. The van der Waals surface area contributed by atoms with Gasteiger partial charge in [0.25, 0.3) is 0 Å². The minimum absolute atomic E-state index is 0.188. The van der Waals surface area contributed by atoms with Crippen LogP contribution in [0.2, 0.25) is 0 Å². The van der Waals surface area contributed by atoms with Crippen molar-refractivity contribution in [2.75, 3.05) is 12.3 Å². The van der Waals surface area contributed by atoms with E-state index in [0.717, 1.165) is 0 Å². The smallest absolute Gasteiger partial charge is 0.394 e. The number of nitrogens with zero attached hydrogens (tertiary/aromatic N) is 4. The fourth-order valence-electron chi connectivity index (χ4n) is 2.65. The molecule has 0 radical (unpaired) electrons. The van der Waals surface area contributed by atoms with Crippen LogP contribution in [0.15, 0.2) is 12.7 Å². The molecule has 2 saturated heterocycles. The van der Waals surface area contributed by atoms with Gasteiger partial charge >= 0.3 is 10.4 Å². The largest absolute Gasteiger partial charge is 0.400 e. The second-order valence-corrected chi connectivity index (χ2v) is 6.06. The van der Waals surface area contributed by atoms with Gasteiger partial charge in [0.2, 0.25) is 0 Å². The van der Waals surface area contributed by atoms with Crippen LogP contribution in [0.3, 0.4) is 0 Å². The number of aliphatic hydroxyl groups excluding tert-OH is 1. The molecule has 0 aliphatic carbocycles. The van der Waals surface area contributed by atoms with Gasteiger partial charge in [-0.15, -0.1) is 0 Å². The van der Waals surface area contributed by atoms with E-state index in [9.17, 15) is 13.5 Å². The molecule has 118 valence electrons. The van der Waals surface area contributed by atoms with Crippen LogP contribution in [0.25, 0.3) is 11.2 Å². The molecule has 0 unspecified atom stereocenters. The van der Waals surface area contributed by atoms with Crippen LogP contribution in [0.1, 0.15) is 6.23 Å². The quantitative estimate of drug-likeness (QED) is 0.653. The normalized spacial score (nSPS) is 33.3. The molecule has 22 heavy (non-hydrogen) atoms. The van der Waals surface area contributed by atoms with Crippen molar-refractivity contribution in [1.29, 1.82) is 0 Å². The molecule has 3 N–H and O–H groups in total. The molecule has 4 rings (SSSR count). The van der Waals surface area contributed by atoms with Gasteiger partial charge in [-0.1, -0.05) is 0 Å². The maximum Gasteiger partial charge on any atom is 0.400 e. The van der Waals surface area contributed by atoms with Gasteiger partial charge in [-0.05, 0) is 0 Å². The summed E-state index contributed by atoms with van der Waals surface area (Å²) in [7, 11) is -4.12. The molecule has 2 aromatic heterocycles. The molecule has 0 amide bonds. The Bertz CT molecular complexity index is 837. The number of hydrogen-bond donors (Lipinski definition) is 2. The summed E-state index contributed by atoms with van der Waals surface area (Å²) in [6, 6.07) is 0. The highest BCUT2D eigenvalue weighted by Crippen LogP contribution is 2.40. The van der Waals surface area contributed by atoms with Gasteiger partial charge in [-0.25, -0.2) is 23.3 Å². The molecule has 2 aliphatic heterocycles. The molecule has 0 spiro atoms. The molecule has 0 aromatic carbocycles. The highest BCUT2D eigenvalue weighted by Gasteiger charge is 2.56. The van der Waals surface area contributed by atoms with E-state index in [1.165, 1.54) is 17.2 Å². The van der Waals surface area contributed by atoms with E-state index in [4.69, 9.17) is 18.8 Å². The van der Waals surface area contributed by atoms with Gasteiger partial charge in [-0.2, -0.15) is 8.42 Å². The highest BCUT2D eigenvalue weighted by molar-refractivity contribution is 7.82. The lowest BCUT2D eigenvalue weighted by Crippen LogP contribution is -2.30. The van der Waals surface area contributed by atoms with Crippen LogP contribution in [-0.2, 0) is 23.5 Å². The maximum absolute atomic E-state index is 11.5. The first kappa shape index (κ1) is 13.8. The molecule has 2 fully saturated rings. The van der Waals surface area contributed by atoms with Gasteiger partial charge < -0.3 is 15.6 Å². The van der Waals surface area contributed by atoms with Crippen LogP contribution < -0.4 is 5.73 Å². The van der Waals surface area contributed by atoms with Crippen molar-refractivity contribution in [2.24, 2.45) is 0 Å². The van der Waals surface area contributed by atoms with E-state index in [2.05, 4.69) is 15.0 Å². The van der Waals surface area contributed by atoms with E-state index in [-0.39, 0.29) is 5.82 Å². The molecule has 12 heteroatoms. The first-order valence-corrected chi connectivity index (χ1v) is 7.64. The van der Waals surface area contributed by atoms with Crippen LogP contribution in [0.5, 0.6) is 0 Å². The van der Waals surface area contributed by atoms with Gasteiger partial charge in [0.05, 0.1) is 12.9 Å². The third-order valence-corrected chi connectivity index (χ3v) is 4.50. The standard InChI is InChI=1S/C10H11N5O6S/c11-8-5-9(13-2-12-8)15(3-14-5)10-7-6(4(1-16)19-10)20-22(17,18)21-7/h2-4,6-7,10,16H,1H2,(H2,11,12,13)/t4-,6-,7-,10-/m1/s1. The summed E-state index contributed by atoms with van der Waals surface area (Å²) >= 11 is 0. The number of nitrogen functional groups attached to an aromatic ring is 1. The zero-order chi connectivity index (χ0) is 15.5. The summed E-state index contributed by atoms with van der Waals surface area (Å²) in [5, 5.41) is 9.33. The number of anilines is 1.